The number of hydrogen-bond acceptors (Lipinski definition) is 3. The number of rotatable bonds is 2. The highest BCUT2D eigenvalue weighted by Gasteiger charge is 2.27. The Labute approximate surface area is 62.7 Å². The third-order valence-electron chi connectivity index (χ3n) is 1.23. The van der Waals surface area contributed by atoms with E-state index >= 15 is 0 Å². The van der Waals surface area contributed by atoms with Gasteiger partial charge in [0.05, 0.1) is 10.6 Å². The van der Waals surface area contributed by atoms with Crippen LogP contribution in [0.1, 0.15) is 20.8 Å². The molecule has 1 N–H and O–H groups in total. The van der Waals surface area contributed by atoms with Crippen molar-refractivity contribution in [2.45, 2.75) is 25.5 Å². The predicted molar refractivity (Wildman–Crippen MR) is 42.0 cm³/mol. The minimum Gasteiger partial charge on any atom is -0.302 e. The van der Waals surface area contributed by atoms with Crippen molar-refractivity contribution in [1.82, 2.24) is 5.32 Å². The average Bonchev–Trinajstić information content (AvgIpc) is 1.61. The van der Waals surface area contributed by atoms with Gasteiger partial charge in [0.1, 0.15) is 0 Å². The summed E-state index contributed by atoms with van der Waals surface area (Å²) in [7, 11) is 0.234. The minimum absolute atomic E-state index is 0.0590. The van der Waals surface area contributed by atoms with E-state index in [-0.39, 0.29) is 5.88 Å². The minimum atomic E-state index is -3.02. The monoisotopic (exact) mass is 164 g/mol. The van der Waals surface area contributed by atoms with Crippen molar-refractivity contribution in [2.24, 2.45) is 0 Å². The molecule has 3 nitrogen and oxygen atoms in total. The fourth-order valence-electron chi connectivity index (χ4n) is 0.351. The highest BCUT2D eigenvalue weighted by molar-refractivity contribution is 7.92. The first-order chi connectivity index (χ1) is 4.31. The first kappa shape index (κ1) is 9.91. The van der Waals surface area contributed by atoms with Gasteiger partial charge in [-0.15, -0.1) is 0 Å². The van der Waals surface area contributed by atoms with Gasteiger partial charge in [0.2, 0.25) is 0 Å². The van der Waals surface area contributed by atoms with Crippen LogP contribution in [0.5, 0.6) is 0 Å². The Hall–Kier alpha value is -0.0900. The molecule has 4 heteroatoms. The number of nitrogens with one attached hydrogen (secondary N) is 1. The van der Waals surface area contributed by atoms with Gasteiger partial charge < -0.3 is 5.32 Å². The molecule has 0 bridgehead atoms. The standard InChI is InChI=1S/C6H14NO2S/c1-6(2,3)10(8,9)5-7-4/h7H,4-5H2,1-3H3. The molecule has 0 saturated carbocycles. The molecule has 0 heterocycles. The van der Waals surface area contributed by atoms with Gasteiger partial charge >= 0.3 is 0 Å². The molecule has 1 radical (unpaired) electrons. The van der Waals surface area contributed by atoms with E-state index in [9.17, 15) is 8.42 Å². The van der Waals surface area contributed by atoms with Crippen LogP contribution in [0.2, 0.25) is 0 Å². The van der Waals surface area contributed by atoms with Crippen LogP contribution in [0.3, 0.4) is 0 Å². The first-order valence-electron chi connectivity index (χ1n) is 3.03. The van der Waals surface area contributed by atoms with Crippen LogP contribution in [-0.2, 0) is 9.84 Å². The van der Waals surface area contributed by atoms with Crippen molar-refractivity contribution in [1.29, 1.82) is 0 Å². The predicted octanol–water partition coefficient (Wildman–Crippen LogP) is 0.538. The molecule has 0 aromatic heterocycles. The highest BCUT2D eigenvalue weighted by atomic mass is 32.2. The van der Waals surface area contributed by atoms with Gasteiger partial charge in [0.15, 0.2) is 9.84 Å². The van der Waals surface area contributed by atoms with Gasteiger partial charge in [-0.05, 0) is 20.8 Å². The molecule has 0 aliphatic heterocycles. The van der Waals surface area contributed by atoms with E-state index in [4.69, 9.17) is 0 Å². The number of sulfone groups is 1. The van der Waals surface area contributed by atoms with E-state index in [1.807, 2.05) is 0 Å². The summed E-state index contributed by atoms with van der Waals surface area (Å²) >= 11 is 0. The van der Waals surface area contributed by atoms with Crippen LogP contribution in [0.25, 0.3) is 0 Å². The molecule has 0 aliphatic rings. The normalized spacial score (nSPS) is 13.6. The molecule has 0 spiro atoms. The second kappa shape index (κ2) is 2.88. The summed E-state index contributed by atoms with van der Waals surface area (Å²) in [6.45, 7) is 5.00. The first-order valence-corrected chi connectivity index (χ1v) is 4.69. The van der Waals surface area contributed by atoms with Gasteiger partial charge in [-0.2, -0.15) is 0 Å². The summed E-state index contributed by atoms with van der Waals surface area (Å²) in [4.78, 5) is 0. The Bertz CT molecular complexity index is 188. The molecule has 0 fully saturated rings. The van der Waals surface area contributed by atoms with E-state index in [0.717, 1.165) is 0 Å². The molecule has 0 saturated heterocycles. The Balaban J connectivity index is 4.44. The van der Waals surface area contributed by atoms with Gasteiger partial charge in [0.25, 0.3) is 0 Å². The van der Waals surface area contributed by atoms with Crippen LogP contribution < -0.4 is 5.32 Å². The second-order valence-corrected chi connectivity index (χ2v) is 5.86. The molecule has 0 aromatic rings. The van der Waals surface area contributed by atoms with E-state index < -0.39 is 14.6 Å². The highest BCUT2D eigenvalue weighted by Crippen LogP contribution is 2.14. The molecular formula is C6H14NO2S. The van der Waals surface area contributed by atoms with E-state index in [2.05, 4.69) is 12.4 Å². The lowest BCUT2D eigenvalue weighted by Gasteiger charge is -2.18. The van der Waals surface area contributed by atoms with Crippen molar-refractivity contribution < 1.29 is 8.42 Å². The summed E-state index contributed by atoms with van der Waals surface area (Å²) < 4.78 is 21.6. The topological polar surface area (TPSA) is 46.2 Å². The van der Waals surface area contributed by atoms with Crippen molar-refractivity contribution in [3.63, 3.8) is 0 Å². The molecule has 0 amide bonds. The fourth-order valence-corrected chi connectivity index (χ4v) is 1.05. The maximum atomic E-state index is 11.1. The smallest absolute Gasteiger partial charge is 0.168 e. The second-order valence-electron chi connectivity index (χ2n) is 3.12. The Kier molecular flexibility index (Phi) is 2.86. The third-order valence-corrected chi connectivity index (χ3v) is 3.68. The largest absolute Gasteiger partial charge is 0.302 e. The maximum Gasteiger partial charge on any atom is 0.168 e. The third kappa shape index (κ3) is 2.27. The lowest BCUT2D eigenvalue weighted by molar-refractivity contribution is 0.557. The summed E-state index contributed by atoms with van der Waals surface area (Å²) in [5, 5.41) is 2.38. The van der Waals surface area contributed by atoms with Crippen LogP contribution in [0.15, 0.2) is 0 Å². The van der Waals surface area contributed by atoms with Crippen LogP contribution >= 0.6 is 0 Å². The Morgan fingerprint density at radius 1 is 1.40 bits per heavy atom. The van der Waals surface area contributed by atoms with Crippen molar-refractivity contribution >= 4 is 9.84 Å². The Morgan fingerprint density at radius 2 is 1.80 bits per heavy atom. The van der Waals surface area contributed by atoms with Crippen LogP contribution in [0.4, 0.5) is 0 Å². The van der Waals surface area contributed by atoms with Crippen molar-refractivity contribution in [3.05, 3.63) is 7.05 Å². The quantitative estimate of drug-likeness (QED) is 0.648. The van der Waals surface area contributed by atoms with Crippen molar-refractivity contribution in [2.75, 3.05) is 5.88 Å². The summed E-state index contributed by atoms with van der Waals surface area (Å²) in [6.07, 6.45) is 0. The fraction of sp³-hybridized carbons (Fsp3) is 0.833. The number of hydrogen-bond donors (Lipinski definition) is 1. The molecule has 0 aliphatic carbocycles. The summed E-state index contributed by atoms with van der Waals surface area (Å²) in [6, 6.07) is 0. The van der Waals surface area contributed by atoms with Gasteiger partial charge in [-0.1, -0.05) is 0 Å². The van der Waals surface area contributed by atoms with E-state index in [1.165, 1.54) is 0 Å². The average molecular weight is 164 g/mol. The van der Waals surface area contributed by atoms with E-state index in [1.54, 1.807) is 20.8 Å². The molecular weight excluding hydrogens is 150 g/mol. The van der Waals surface area contributed by atoms with E-state index in [0.29, 0.717) is 0 Å². The van der Waals surface area contributed by atoms with Crippen molar-refractivity contribution in [3.8, 4) is 0 Å². The van der Waals surface area contributed by atoms with Gasteiger partial charge in [-0.25, -0.2) is 8.42 Å². The van der Waals surface area contributed by atoms with Crippen LogP contribution in [0, 0.1) is 7.05 Å². The molecule has 61 valence electrons. The molecule has 10 heavy (non-hydrogen) atoms. The zero-order valence-electron chi connectivity index (χ0n) is 6.64. The molecule has 0 unspecified atom stereocenters. The zero-order chi connectivity index (χ0) is 8.41. The Morgan fingerprint density at radius 3 is 1.90 bits per heavy atom. The van der Waals surface area contributed by atoms with Gasteiger partial charge in [-0.3, -0.25) is 0 Å². The SMILES string of the molecule is [CH2]NCS(=O)(=O)C(C)(C)C. The maximum absolute atomic E-state index is 11.1. The molecule has 0 rings (SSSR count). The van der Waals surface area contributed by atoms with Gasteiger partial charge in [0, 0.05) is 7.05 Å². The lowest BCUT2D eigenvalue weighted by atomic mass is 10.3. The molecule has 0 atom stereocenters. The van der Waals surface area contributed by atoms with Crippen LogP contribution in [-0.4, -0.2) is 19.0 Å². The zero-order valence-corrected chi connectivity index (χ0v) is 7.46. The molecule has 0 aromatic carbocycles. The summed E-state index contributed by atoms with van der Waals surface area (Å²) in [5.41, 5.74) is 0. The summed E-state index contributed by atoms with van der Waals surface area (Å²) in [5.74, 6) is -0.0590. The lowest BCUT2D eigenvalue weighted by Crippen LogP contribution is -2.34.